The van der Waals surface area contributed by atoms with Gasteiger partial charge in [-0.3, -0.25) is 4.79 Å². The summed E-state index contributed by atoms with van der Waals surface area (Å²) in [5.74, 6) is 0.786. The van der Waals surface area contributed by atoms with Gasteiger partial charge in [0.1, 0.15) is 5.75 Å². The maximum Gasteiger partial charge on any atom is 0.263 e. The van der Waals surface area contributed by atoms with Crippen molar-refractivity contribution in [2.75, 3.05) is 13.1 Å². The van der Waals surface area contributed by atoms with E-state index in [2.05, 4.69) is 0 Å². The molecule has 0 saturated carbocycles. The van der Waals surface area contributed by atoms with E-state index in [1.807, 2.05) is 43.0 Å². The Labute approximate surface area is 120 Å². The highest BCUT2D eigenvalue weighted by Gasteiger charge is 2.23. The second-order valence-corrected chi connectivity index (χ2v) is 5.51. The van der Waals surface area contributed by atoms with Crippen LogP contribution >= 0.6 is 0 Å². The molecule has 0 radical (unpaired) electrons. The molecule has 1 fully saturated rings. The number of benzene rings is 1. The largest absolute Gasteiger partial charge is 0.481 e. The van der Waals surface area contributed by atoms with Crippen LogP contribution in [0.25, 0.3) is 0 Å². The Morgan fingerprint density at radius 2 is 1.95 bits per heavy atom. The summed E-state index contributed by atoms with van der Waals surface area (Å²) in [7, 11) is 0. The molecule has 20 heavy (non-hydrogen) atoms. The Hall–Kier alpha value is -1.55. The van der Waals surface area contributed by atoms with Gasteiger partial charge in [0, 0.05) is 19.1 Å². The van der Waals surface area contributed by atoms with Gasteiger partial charge in [0.25, 0.3) is 5.91 Å². The second-order valence-electron chi connectivity index (χ2n) is 5.51. The summed E-state index contributed by atoms with van der Waals surface area (Å²) in [6, 6.07) is 7.61. The standard InChI is InChI=1S/C16H24N2O2/c1-12(17)14-7-6-8-15(11-14)20-13(2)16(19)18-9-4-3-5-10-18/h6-8,11-13H,3-5,9-10,17H2,1-2H3/t12-,13?/m1/s1. The molecule has 1 aliphatic rings. The van der Waals surface area contributed by atoms with Crippen molar-refractivity contribution in [3.05, 3.63) is 29.8 Å². The third kappa shape index (κ3) is 3.73. The van der Waals surface area contributed by atoms with E-state index >= 15 is 0 Å². The van der Waals surface area contributed by atoms with Crippen LogP contribution in [-0.2, 0) is 4.79 Å². The number of likely N-dealkylation sites (tertiary alicyclic amines) is 1. The maximum atomic E-state index is 12.3. The minimum absolute atomic E-state index is 0.0355. The minimum Gasteiger partial charge on any atom is -0.481 e. The van der Waals surface area contributed by atoms with Crippen LogP contribution in [0.4, 0.5) is 0 Å². The first-order chi connectivity index (χ1) is 9.58. The molecule has 2 N–H and O–H groups in total. The van der Waals surface area contributed by atoms with E-state index < -0.39 is 6.10 Å². The molecule has 110 valence electrons. The molecule has 1 unspecified atom stereocenters. The van der Waals surface area contributed by atoms with Crippen LogP contribution in [-0.4, -0.2) is 30.0 Å². The molecule has 1 saturated heterocycles. The van der Waals surface area contributed by atoms with Gasteiger partial charge >= 0.3 is 0 Å². The number of amides is 1. The first-order valence-electron chi connectivity index (χ1n) is 7.39. The van der Waals surface area contributed by atoms with Crippen LogP contribution in [0.5, 0.6) is 5.75 Å². The lowest BCUT2D eigenvalue weighted by molar-refractivity contribution is -0.138. The van der Waals surface area contributed by atoms with Crippen molar-refractivity contribution >= 4 is 5.91 Å². The van der Waals surface area contributed by atoms with Crippen molar-refractivity contribution in [3.63, 3.8) is 0 Å². The van der Waals surface area contributed by atoms with Gasteiger partial charge in [-0.25, -0.2) is 0 Å². The lowest BCUT2D eigenvalue weighted by Crippen LogP contribution is -2.43. The average molecular weight is 276 g/mol. The first-order valence-corrected chi connectivity index (χ1v) is 7.39. The van der Waals surface area contributed by atoms with Crippen molar-refractivity contribution in [1.82, 2.24) is 4.90 Å². The van der Waals surface area contributed by atoms with Crippen LogP contribution in [0.3, 0.4) is 0 Å². The van der Waals surface area contributed by atoms with Crippen molar-refractivity contribution in [2.24, 2.45) is 5.73 Å². The molecule has 4 heteroatoms. The Morgan fingerprint density at radius 3 is 2.60 bits per heavy atom. The number of carbonyl (C=O) groups is 1. The van der Waals surface area contributed by atoms with Gasteiger partial charge < -0.3 is 15.4 Å². The Kier molecular flexibility index (Phi) is 5.01. The van der Waals surface area contributed by atoms with Crippen LogP contribution < -0.4 is 10.5 Å². The summed E-state index contributed by atoms with van der Waals surface area (Å²) in [6.45, 7) is 5.45. The number of nitrogens with zero attached hydrogens (tertiary/aromatic N) is 1. The van der Waals surface area contributed by atoms with E-state index in [1.165, 1.54) is 6.42 Å². The molecular weight excluding hydrogens is 252 g/mol. The molecule has 2 atom stereocenters. The number of hydrogen-bond donors (Lipinski definition) is 1. The van der Waals surface area contributed by atoms with Crippen LogP contribution in [0.2, 0.25) is 0 Å². The van der Waals surface area contributed by atoms with E-state index in [9.17, 15) is 4.79 Å². The van der Waals surface area contributed by atoms with E-state index in [0.717, 1.165) is 31.5 Å². The smallest absolute Gasteiger partial charge is 0.263 e. The van der Waals surface area contributed by atoms with Crippen LogP contribution in [0, 0.1) is 0 Å². The summed E-state index contributed by atoms with van der Waals surface area (Å²) in [4.78, 5) is 14.2. The fourth-order valence-electron chi connectivity index (χ4n) is 2.50. The van der Waals surface area contributed by atoms with Crippen LogP contribution in [0.1, 0.15) is 44.7 Å². The molecule has 0 spiro atoms. The van der Waals surface area contributed by atoms with Crippen molar-refractivity contribution in [1.29, 1.82) is 0 Å². The van der Waals surface area contributed by atoms with Gasteiger partial charge in [0.05, 0.1) is 0 Å². The van der Waals surface area contributed by atoms with E-state index in [4.69, 9.17) is 10.5 Å². The Balaban J connectivity index is 1.97. The number of nitrogens with two attached hydrogens (primary N) is 1. The first kappa shape index (κ1) is 14.9. The third-order valence-corrected chi connectivity index (χ3v) is 3.71. The molecule has 0 aromatic heterocycles. The fraction of sp³-hybridized carbons (Fsp3) is 0.562. The van der Waals surface area contributed by atoms with Crippen molar-refractivity contribution in [2.45, 2.75) is 45.3 Å². The highest BCUT2D eigenvalue weighted by Crippen LogP contribution is 2.19. The molecule has 1 aliphatic heterocycles. The summed E-state index contributed by atoms with van der Waals surface area (Å²) >= 11 is 0. The number of rotatable bonds is 4. The van der Waals surface area contributed by atoms with E-state index in [-0.39, 0.29) is 11.9 Å². The second kappa shape index (κ2) is 6.75. The SMILES string of the molecule is CC(Oc1cccc([C@@H](C)N)c1)C(=O)N1CCCCC1. The molecule has 0 aliphatic carbocycles. The molecule has 1 aromatic carbocycles. The molecule has 2 rings (SSSR count). The van der Waals surface area contributed by atoms with Gasteiger partial charge in [-0.05, 0) is 50.8 Å². The average Bonchev–Trinajstić information content (AvgIpc) is 2.47. The van der Waals surface area contributed by atoms with Gasteiger partial charge in [-0.15, -0.1) is 0 Å². The summed E-state index contributed by atoms with van der Waals surface area (Å²) < 4.78 is 5.77. The quantitative estimate of drug-likeness (QED) is 0.919. The lowest BCUT2D eigenvalue weighted by Gasteiger charge is -2.29. The number of hydrogen-bond acceptors (Lipinski definition) is 3. The monoisotopic (exact) mass is 276 g/mol. The highest BCUT2D eigenvalue weighted by molar-refractivity contribution is 5.81. The zero-order valence-corrected chi connectivity index (χ0v) is 12.3. The zero-order chi connectivity index (χ0) is 14.5. The van der Waals surface area contributed by atoms with Gasteiger partial charge in [0.2, 0.25) is 0 Å². The predicted octanol–water partition coefficient (Wildman–Crippen LogP) is 2.49. The van der Waals surface area contributed by atoms with E-state index in [0.29, 0.717) is 5.75 Å². The van der Waals surface area contributed by atoms with Gasteiger partial charge in [0.15, 0.2) is 6.10 Å². The summed E-state index contributed by atoms with van der Waals surface area (Å²) in [6.07, 6.45) is 2.96. The number of ether oxygens (including phenoxy) is 1. The Morgan fingerprint density at radius 1 is 1.25 bits per heavy atom. The number of carbonyl (C=O) groups excluding carboxylic acids is 1. The molecule has 1 aromatic rings. The minimum atomic E-state index is -0.448. The summed E-state index contributed by atoms with van der Waals surface area (Å²) in [5.41, 5.74) is 6.87. The van der Waals surface area contributed by atoms with Crippen LogP contribution in [0.15, 0.2) is 24.3 Å². The van der Waals surface area contributed by atoms with Gasteiger partial charge in [-0.1, -0.05) is 12.1 Å². The predicted molar refractivity (Wildman–Crippen MR) is 79.6 cm³/mol. The van der Waals surface area contributed by atoms with Gasteiger partial charge in [-0.2, -0.15) is 0 Å². The molecule has 4 nitrogen and oxygen atoms in total. The van der Waals surface area contributed by atoms with E-state index in [1.54, 1.807) is 0 Å². The molecule has 1 heterocycles. The maximum absolute atomic E-state index is 12.3. The molecule has 0 bridgehead atoms. The van der Waals surface area contributed by atoms with Crippen molar-refractivity contribution in [3.8, 4) is 5.75 Å². The van der Waals surface area contributed by atoms with Crippen molar-refractivity contribution < 1.29 is 9.53 Å². The topological polar surface area (TPSA) is 55.6 Å². The number of piperidine rings is 1. The molecular formula is C16H24N2O2. The molecule has 1 amide bonds. The normalized spacial score (nSPS) is 18.4. The third-order valence-electron chi connectivity index (χ3n) is 3.71. The zero-order valence-electron chi connectivity index (χ0n) is 12.3. The lowest BCUT2D eigenvalue weighted by atomic mass is 10.1. The highest BCUT2D eigenvalue weighted by atomic mass is 16.5. The summed E-state index contributed by atoms with van der Waals surface area (Å²) in [5, 5.41) is 0. The fourth-order valence-corrected chi connectivity index (χ4v) is 2.50. The Bertz CT molecular complexity index is 454.